The van der Waals surface area contributed by atoms with Crippen molar-refractivity contribution in [1.82, 2.24) is 24.2 Å². The summed E-state index contributed by atoms with van der Waals surface area (Å²) in [5, 5.41) is 7.87. The van der Waals surface area contributed by atoms with Crippen LogP contribution in [-0.4, -0.2) is 93.0 Å². The molecule has 2 N–H and O–H groups in total. The van der Waals surface area contributed by atoms with Gasteiger partial charge in [0.05, 0.1) is 47.9 Å². The van der Waals surface area contributed by atoms with Crippen molar-refractivity contribution in [3.8, 4) is 0 Å². The number of hydrogen-bond donors (Lipinski definition) is 2. The van der Waals surface area contributed by atoms with E-state index in [0.717, 1.165) is 144 Å². The van der Waals surface area contributed by atoms with Crippen molar-refractivity contribution in [2.75, 3.05) is 80.4 Å². The molecule has 0 spiro atoms. The zero-order chi connectivity index (χ0) is 48.6. The molecule has 2 fully saturated rings. The van der Waals surface area contributed by atoms with Gasteiger partial charge in [0.15, 0.2) is 0 Å². The second kappa shape index (κ2) is 19.9. The van der Waals surface area contributed by atoms with Gasteiger partial charge in [0.25, 0.3) is 10.0 Å². The maximum Gasteiger partial charge on any atom is 0.268 e. The molecule has 71 heavy (non-hydrogen) atoms. The summed E-state index contributed by atoms with van der Waals surface area (Å²) >= 11 is 5.98. The number of fused-ring (bicyclic) bond motifs is 8. The fraction of sp³-hybridized carbons (Fsp3) is 0.273. The van der Waals surface area contributed by atoms with Crippen molar-refractivity contribution in [3.63, 3.8) is 0 Å². The van der Waals surface area contributed by atoms with Gasteiger partial charge < -0.3 is 34.5 Å². The molecule has 4 aliphatic rings. The molecule has 2 saturated heterocycles. The van der Waals surface area contributed by atoms with Crippen LogP contribution in [0.3, 0.4) is 0 Å². The molecule has 16 heteroatoms. The van der Waals surface area contributed by atoms with Crippen LogP contribution in [0.5, 0.6) is 0 Å². The average Bonchev–Trinajstić information content (AvgIpc) is 3.94. The molecule has 9 aromatic rings. The van der Waals surface area contributed by atoms with Crippen molar-refractivity contribution in [2.45, 2.75) is 37.8 Å². The lowest BCUT2D eigenvalue weighted by atomic mass is 10.0. The Hall–Kier alpha value is -6.62. The Morgan fingerprint density at radius 2 is 1.25 bits per heavy atom. The molecule has 364 valence electrons. The lowest BCUT2D eigenvalue weighted by Crippen LogP contribution is -2.36. The van der Waals surface area contributed by atoms with Gasteiger partial charge in [-0.3, -0.25) is 0 Å². The third-order valence-corrected chi connectivity index (χ3v) is 15.8. The van der Waals surface area contributed by atoms with Crippen LogP contribution in [0.1, 0.15) is 28.1 Å². The molecule has 4 aromatic heterocycles. The summed E-state index contributed by atoms with van der Waals surface area (Å²) < 4.78 is 66.2. The maximum atomic E-state index is 13.8. The summed E-state index contributed by atoms with van der Waals surface area (Å²) in [5.41, 5.74) is 9.69. The van der Waals surface area contributed by atoms with E-state index in [1.165, 1.54) is 33.4 Å². The quantitative estimate of drug-likeness (QED) is 0.173. The summed E-state index contributed by atoms with van der Waals surface area (Å²) in [7, 11) is -3.73. The van der Waals surface area contributed by atoms with Crippen molar-refractivity contribution in [2.24, 2.45) is 0 Å². The molecule has 4 aliphatic heterocycles. The standard InChI is InChI=1S/C24H23FN4O.C18H17FN2O2S.C13H13ClN2O/c25-17-3-5-21-19(13-17)20-15-29(8-7-22(20)26-21)18-4-1-16-2-6-24(27-23(16)14-18)28-9-11-30-12-10-28;1-12-2-5-14(6-3-12)24(22,23)21-17-7-4-13(19)10-15(17)16-11-20-9-8-18(16)21;14-11-3-1-10-2-4-13(15-12(10)9-11)16-5-7-17-8-6-16/h1-6,13-14,26H,7-12,15H2;2-7,10,20H,8-9,11H2,1H3;1-4,9H,5-8H2. The number of hydrogen-bond acceptors (Lipinski definition) is 10. The van der Waals surface area contributed by atoms with E-state index in [2.05, 4.69) is 72.4 Å². The first-order valence-electron chi connectivity index (χ1n) is 24.1. The number of halogens is 3. The first-order chi connectivity index (χ1) is 34.6. The largest absolute Gasteiger partial charge is 0.378 e. The van der Waals surface area contributed by atoms with Crippen LogP contribution in [0, 0.1) is 18.6 Å². The second-order valence-corrected chi connectivity index (χ2v) is 20.5. The highest BCUT2D eigenvalue weighted by molar-refractivity contribution is 7.90. The molecule has 0 radical (unpaired) electrons. The number of H-pyrrole nitrogens is 1. The fourth-order valence-electron chi connectivity index (χ4n) is 10.0. The average molecular weight is 996 g/mol. The van der Waals surface area contributed by atoms with E-state index < -0.39 is 10.0 Å². The molecule has 0 saturated carbocycles. The summed E-state index contributed by atoms with van der Waals surface area (Å²) in [6.07, 6.45) is 1.52. The van der Waals surface area contributed by atoms with Crippen LogP contribution in [0.15, 0.2) is 126 Å². The predicted octanol–water partition coefficient (Wildman–Crippen LogP) is 9.95. The number of rotatable bonds is 5. The second-order valence-electron chi connectivity index (χ2n) is 18.3. The highest BCUT2D eigenvalue weighted by atomic mass is 35.5. The van der Waals surface area contributed by atoms with E-state index in [1.54, 1.807) is 36.4 Å². The number of nitrogens with zero attached hydrogens (tertiary/aromatic N) is 6. The molecule has 0 amide bonds. The van der Waals surface area contributed by atoms with E-state index in [9.17, 15) is 17.2 Å². The number of ether oxygens (including phenoxy) is 2. The number of pyridine rings is 2. The Morgan fingerprint density at radius 1 is 0.634 bits per heavy atom. The first kappa shape index (κ1) is 46.7. The van der Waals surface area contributed by atoms with Gasteiger partial charge in [-0.15, -0.1) is 0 Å². The molecule has 5 aromatic carbocycles. The molecule has 0 atom stereocenters. The van der Waals surface area contributed by atoms with E-state index in [0.29, 0.717) is 30.4 Å². The SMILES string of the molecule is Cc1ccc(S(=O)(=O)n2c3c(c4cc(F)ccc42)CNCC3)cc1.Clc1ccc2ccc(N3CCOCC3)nc2c1.Fc1ccc2[nH]c3c(c2c1)CN(c1ccc2ccc(N4CCOCC4)nc2c1)CC3. The van der Waals surface area contributed by atoms with Gasteiger partial charge >= 0.3 is 0 Å². The monoisotopic (exact) mass is 994 g/mol. The normalized spacial score (nSPS) is 16.1. The lowest BCUT2D eigenvalue weighted by molar-refractivity contribution is 0.122. The highest BCUT2D eigenvalue weighted by Gasteiger charge is 2.29. The van der Waals surface area contributed by atoms with Crippen molar-refractivity contribution in [3.05, 3.63) is 166 Å². The maximum absolute atomic E-state index is 13.8. The molecular weight excluding hydrogens is 942 g/mol. The number of aromatic amines is 1. The van der Waals surface area contributed by atoms with E-state index in [1.807, 2.05) is 31.2 Å². The summed E-state index contributed by atoms with van der Waals surface area (Å²) in [4.78, 5) is 20.2. The van der Waals surface area contributed by atoms with Gasteiger partial charge in [0, 0.05) is 120 Å². The number of anilines is 3. The molecular formula is C55H53ClF2N8O4S. The van der Waals surface area contributed by atoms with E-state index >= 15 is 0 Å². The molecule has 8 heterocycles. The zero-order valence-corrected chi connectivity index (χ0v) is 40.9. The van der Waals surface area contributed by atoms with Crippen molar-refractivity contribution in [1.29, 1.82) is 0 Å². The molecule has 0 aliphatic carbocycles. The van der Waals surface area contributed by atoms with E-state index in [4.69, 9.17) is 26.1 Å². The minimum atomic E-state index is -3.73. The third kappa shape index (κ3) is 9.64. The van der Waals surface area contributed by atoms with Crippen LogP contribution >= 0.6 is 11.6 Å². The minimum absolute atomic E-state index is 0.188. The highest BCUT2D eigenvalue weighted by Crippen LogP contribution is 2.35. The van der Waals surface area contributed by atoms with Crippen LogP contribution in [0.2, 0.25) is 5.02 Å². The van der Waals surface area contributed by atoms with Crippen LogP contribution < -0.4 is 20.0 Å². The Morgan fingerprint density at radius 3 is 1.94 bits per heavy atom. The van der Waals surface area contributed by atoms with Crippen LogP contribution in [0.4, 0.5) is 26.1 Å². The van der Waals surface area contributed by atoms with Gasteiger partial charge in [-0.25, -0.2) is 31.1 Å². The van der Waals surface area contributed by atoms with Gasteiger partial charge in [0.1, 0.15) is 23.3 Å². The lowest BCUT2D eigenvalue weighted by Gasteiger charge is -2.30. The van der Waals surface area contributed by atoms with Gasteiger partial charge in [0.2, 0.25) is 0 Å². The topological polar surface area (TPSA) is 121 Å². The number of aromatic nitrogens is 4. The Kier molecular flexibility index (Phi) is 13.1. The number of nitrogens with one attached hydrogen (secondary N) is 2. The molecule has 0 bridgehead atoms. The van der Waals surface area contributed by atoms with Crippen LogP contribution in [-0.2, 0) is 45.4 Å². The van der Waals surface area contributed by atoms with E-state index in [-0.39, 0.29) is 16.5 Å². The minimum Gasteiger partial charge on any atom is -0.378 e. The Balaban J connectivity index is 0.000000120. The first-order valence-corrected chi connectivity index (χ1v) is 25.9. The smallest absolute Gasteiger partial charge is 0.268 e. The summed E-state index contributed by atoms with van der Waals surface area (Å²) in [6.45, 7) is 11.5. The summed E-state index contributed by atoms with van der Waals surface area (Å²) in [6, 6.07) is 36.7. The molecule has 13 rings (SSSR count). The zero-order valence-electron chi connectivity index (χ0n) is 39.3. The van der Waals surface area contributed by atoms with Crippen molar-refractivity contribution >= 4 is 82.6 Å². The van der Waals surface area contributed by atoms with Crippen LogP contribution in [0.25, 0.3) is 43.6 Å². The number of morpholine rings is 2. The van der Waals surface area contributed by atoms with Gasteiger partial charge in [-0.05, 0) is 110 Å². The fourth-order valence-corrected chi connectivity index (χ4v) is 11.8. The number of benzene rings is 5. The Labute approximate surface area is 415 Å². The van der Waals surface area contributed by atoms with Gasteiger partial charge in [-0.2, -0.15) is 0 Å². The van der Waals surface area contributed by atoms with Crippen molar-refractivity contribution < 1.29 is 26.7 Å². The molecule has 12 nitrogen and oxygen atoms in total. The Bertz CT molecular complexity index is 3540. The summed E-state index contributed by atoms with van der Waals surface area (Å²) in [5.74, 6) is 1.46. The molecule has 0 unspecified atom stereocenters. The predicted molar refractivity (Wildman–Crippen MR) is 279 cm³/mol. The van der Waals surface area contributed by atoms with Gasteiger partial charge in [-0.1, -0.05) is 41.4 Å². The number of aryl methyl sites for hydroxylation is 1. The third-order valence-electron chi connectivity index (χ3n) is 13.8.